The molecule has 4 nitrogen and oxygen atoms in total. The SMILES string of the molecule is C=C[C@@H]1C[C@@H]2[C@@H](O)CC=C[C@@H]2N(C(=O)OCc2ccccc2)C1. The highest BCUT2D eigenvalue weighted by atomic mass is 16.6. The van der Waals surface area contributed by atoms with Gasteiger partial charge in [-0.1, -0.05) is 48.6 Å². The summed E-state index contributed by atoms with van der Waals surface area (Å²) in [6, 6.07) is 9.57. The monoisotopic (exact) mass is 313 g/mol. The Morgan fingerprint density at radius 3 is 2.91 bits per heavy atom. The highest BCUT2D eigenvalue weighted by Gasteiger charge is 2.41. The number of carbonyl (C=O) groups excluding carboxylic acids is 1. The van der Waals surface area contributed by atoms with E-state index in [2.05, 4.69) is 6.58 Å². The van der Waals surface area contributed by atoms with Crippen molar-refractivity contribution >= 4 is 6.09 Å². The first-order valence-electron chi connectivity index (χ1n) is 8.13. The summed E-state index contributed by atoms with van der Waals surface area (Å²) < 4.78 is 5.48. The van der Waals surface area contributed by atoms with E-state index in [1.807, 2.05) is 48.6 Å². The molecule has 1 heterocycles. The Balaban J connectivity index is 1.70. The number of benzene rings is 1. The van der Waals surface area contributed by atoms with Crippen LogP contribution in [0.1, 0.15) is 18.4 Å². The second kappa shape index (κ2) is 7.01. The number of carbonyl (C=O) groups is 1. The molecule has 0 radical (unpaired) electrons. The smallest absolute Gasteiger partial charge is 0.410 e. The zero-order valence-electron chi connectivity index (χ0n) is 13.2. The predicted molar refractivity (Wildman–Crippen MR) is 88.7 cm³/mol. The van der Waals surface area contributed by atoms with Crippen LogP contribution in [-0.2, 0) is 11.3 Å². The van der Waals surface area contributed by atoms with Crippen molar-refractivity contribution in [1.82, 2.24) is 4.90 Å². The fraction of sp³-hybridized carbons (Fsp3) is 0.421. The number of amides is 1. The lowest BCUT2D eigenvalue weighted by Gasteiger charge is -2.45. The molecule has 1 aromatic rings. The molecule has 0 aromatic heterocycles. The van der Waals surface area contributed by atoms with E-state index in [1.54, 1.807) is 4.90 Å². The minimum Gasteiger partial charge on any atom is -0.445 e. The molecule has 1 fully saturated rings. The average molecular weight is 313 g/mol. The quantitative estimate of drug-likeness (QED) is 0.872. The molecule has 1 aliphatic carbocycles. The van der Waals surface area contributed by atoms with Crippen LogP contribution in [0.4, 0.5) is 4.79 Å². The van der Waals surface area contributed by atoms with Crippen LogP contribution in [0.25, 0.3) is 0 Å². The Hall–Kier alpha value is -2.07. The van der Waals surface area contributed by atoms with E-state index in [9.17, 15) is 9.90 Å². The second-order valence-electron chi connectivity index (χ2n) is 6.31. The van der Waals surface area contributed by atoms with Gasteiger partial charge in [-0.2, -0.15) is 0 Å². The van der Waals surface area contributed by atoms with Crippen LogP contribution in [0.2, 0.25) is 0 Å². The van der Waals surface area contributed by atoms with Crippen LogP contribution >= 0.6 is 0 Å². The first kappa shape index (κ1) is 15.8. The molecule has 1 saturated heterocycles. The van der Waals surface area contributed by atoms with E-state index in [4.69, 9.17) is 4.74 Å². The van der Waals surface area contributed by atoms with E-state index in [-0.39, 0.29) is 30.6 Å². The molecule has 0 bridgehead atoms. The molecule has 4 heteroatoms. The fourth-order valence-corrected chi connectivity index (χ4v) is 3.50. The number of aliphatic hydroxyl groups is 1. The largest absolute Gasteiger partial charge is 0.445 e. The third-order valence-corrected chi connectivity index (χ3v) is 4.78. The van der Waals surface area contributed by atoms with E-state index in [0.717, 1.165) is 12.0 Å². The van der Waals surface area contributed by atoms with Crippen molar-refractivity contribution in [3.63, 3.8) is 0 Å². The molecule has 23 heavy (non-hydrogen) atoms. The van der Waals surface area contributed by atoms with Gasteiger partial charge in [-0.15, -0.1) is 6.58 Å². The van der Waals surface area contributed by atoms with Crippen molar-refractivity contribution in [2.75, 3.05) is 6.54 Å². The molecule has 0 saturated carbocycles. The summed E-state index contributed by atoms with van der Waals surface area (Å²) >= 11 is 0. The van der Waals surface area contributed by atoms with E-state index >= 15 is 0 Å². The lowest BCUT2D eigenvalue weighted by Crippen LogP contribution is -2.54. The number of aliphatic hydroxyl groups excluding tert-OH is 1. The normalized spacial score (nSPS) is 29.7. The molecule has 4 atom stereocenters. The summed E-state index contributed by atoms with van der Waals surface area (Å²) in [5.74, 6) is 0.253. The first-order valence-corrected chi connectivity index (χ1v) is 8.13. The highest BCUT2D eigenvalue weighted by Crippen LogP contribution is 2.35. The Kier molecular flexibility index (Phi) is 4.82. The summed E-state index contributed by atoms with van der Waals surface area (Å²) in [5, 5.41) is 10.3. The molecule has 0 unspecified atom stereocenters. The van der Waals surface area contributed by atoms with Gasteiger partial charge in [0.05, 0.1) is 12.1 Å². The standard InChI is InChI=1S/C19H23NO3/c1-2-14-11-16-17(9-6-10-18(16)21)20(12-14)19(22)23-13-15-7-4-3-5-8-15/h2-9,14,16-18,21H,1,10-13H2/t14-,16+,17+,18+/m1/s1. The third kappa shape index (κ3) is 3.48. The topological polar surface area (TPSA) is 49.8 Å². The minimum absolute atomic E-state index is 0.0565. The zero-order chi connectivity index (χ0) is 16.2. The second-order valence-corrected chi connectivity index (χ2v) is 6.31. The van der Waals surface area contributed by atoms with Crippen LogP contribution < -0.4 is 0 Å². The number of fused-ring (bicyclic) bond motifs is 1. The molecule has 1 aromatic carbocycles. The third-order valence-electron chi connectivity index (χ3n) is 4.78. The van der Waals surface area contributed by atoms with Crippen molar-refractivity contribution in [1.29, 1.82) is 0 Å². The number of ether oxygens (including phenoxy) is 1. The van der Waals surface area contributed by atoms with Crippen molar-refractivity contribution in [3.8, 4) is 0 Å². The maximum absolute atomic E-state index is 12.5. The van der Waals surface area contributed by atoms with Gasteiger partial charge >= 0.3 is 6.09 Å². The molecular formula is C19H23NO3. The average Bonchev–Trinajstić information content (AvgIpc) is 2.60. The van der Waals surface area contributed by atoms with Crippen molar-refractivity contribution in [3.05, 3.63) is 60.7 Å². The molecule has 1 amide bonds. The van der Waals surface area contributed by atoms with E-state index < -0.39 is 6.10 Å². The molecule has 0 spiro atoms. The van der Waals surface area contributed by atoms with E-state index in [1.165, 1.54) is 0 Å². The Bertz CT molecular complexity index is 584. The van der Waals surface area contributed by atoms with Gasteiger partial charge in [0.2, 0.25) is 0 Å². The van der Waals surface area contributed by atoms with Crippen LogP contribution in [-0.4, -0.2) is 34.8 Å². The molecule has 1 aliphatic heterocycles. The Morgan fingerprint density at radius 1 is 1.39 bits per heavy atom. The van der Waals surface area contributed by atoms with Gasteiger partial charge in [-0.3, -0.25) is 0 Å². The Labute approximate surface area is 137 Å². The van der Waals surface area contributed by atoms with Gasteiger partial charge in [-0.05, 0) is 24.3 Å². The lowest BCUT2D eigenvalue weighted by atomic mass is 9.76. The zero-order valence-corrected chi connectivity index (χ0v) is 13.2. The van der Waals surface area contributed by atoms with Gasteiger partial charge in [0.25, 0.3) is 0 Å². The summed E-state index contributed by atoms with van der Waals surface area (Å²) in [6.07, 6.45) is 6.64. The minimum atomic E-state index is -0.405. The number of hydrogen-bond donors (Lipinski definition) is 1. The Morgan fingerprint density at radius 2 is 2.17 bits per heavy atom. The molecule has 1 N–H and O–H groups in total. The number of nitrogens with zero attached hydrogens (tertiary/aromatic N) is 1. The number of piperidine rings is 1. The number of likely N-dealkylation sites (tertiary alicyclic amines) is 1. The van der Waals surface area contributed by atoms with Crippen molar-refractivity contribution < 1.29 is 14.6 Å². The van der Waals surface area contributed by atoms with Crippen molar-refractivity contribution in [2.45, 2.75) is 31.6 Å². The van der Waals surface area contributed by atoms with Crippen LogP contribution in [0.3, 0.4) is 0 Å². The number of hydrogen-bond acceptors (Lipinski definition) is 3. The van der Waals surface area contributed by atoms with Gasteiger partial charge in [-0.25, -0.2) is 4.79 Å². The van der Waals surface area contributed by atoms with Crippen LogP contribution in [0, 0.1) is 11.8 Å². The van der Waals surface area contributed by atoms with Gasteiger partial charge in [0.1, 0.15) is 6.61 Å². The molecule has 3 rings (SSSR count). The van der Waals surface area contributed by atoms with E-state index in [0.29, 0.717) is 13.0 Å². The summed E-state index contributed by atoms with van der Waals surface area (Å²) in [5.41, 5.74) is 0.967. The maximum atomic E-state index is 12.5. The first-order chi connectivity index (χ1) is 11.2. The predicted octanol–water partition coefficient (Wildman–Crippen LogP) is 3.14. The summed E-state index contributed by atoms with van der Waals surface area (Å²) in [6.45, 7) is 4.71. The molecule has 2 aliphatic rings. The highest BCUT2D eigenvalue weighted by molar-refractivity contribution is 5.69. The summed E-state index contributed by atoms with van der Waals surface area (Å²) in [7, 11) is 0. The lowest BCUT2D eigenvalue weighted by molar-refractivity contribution is -0.000353. The van der Waals surface area contributed by atoms with Gasteiger partial charge in [0, 0.05) is 12.5 Å². The van der Waals surface area contributed by atoms with Gasteiger partial charge < -0.3 is 14.7 Å². The fourth-order valence-electron chi connectivity index (χ4n) is 3.50. The maximum Gasteiger partial charge on any atom is 0.410 e. The van der Waals surface area contributed by atoms with Crippen LogP contribution in [0.5, 0.6) is 0 Å². The number of rotatable bonds is 3. The van der Waals surface area contributed by atoms with Gasteiger partial charge in [0.15, 0.2) is 0 Å². The molecule has 122 valence electrons. The van der Waals surface area contributed by atoms with Crippen LogP contribution in [0.15, 0.2) is 55.1 Å². The van der Waals surface area contributed by atoms with Crippen molar-refractivity contribution in [2.24, 2.45) is 11.8 Å². The summed E-state index contributed by atoms with van der Waals surface area (Å²) in [4.78, 5) is 14.3. The molecular weight excluding hydrogens is 290 g/mol.